The second-order valence-electron chi connectivity index (χ2n) is 6.18. The van der Waals surface area contributed by atoms with Gasteiger partial charge in [-0.1, -0.05) is 17.7 Å². The van der Waals surface area contributed by atoms with Crippen LogP contribution in [0.3, 0.4) is 0 Å². The third kappa shape index (κ3) is 3.96. The van der Waals surface area contributed by atoms with Crippen LogP contribution in [0.4, 0.5) is 0 Å². The van der Waals surface area contributed by atoms with Crippen LogP contribution in [0.25, 0.3) is 0 Å². The molecule has 0 aliphatic carbocycles. The van der Waals surface area contributed by atoms with Crippen LogP contribution in [0.15, 0.2) is 18.2 Å². The Kier molecular flexibility index (Phi) is 5.62. The molecule has 1 heterocycles. The number of methoxy groups -OCH3 is 1. The van der Waals surface area contributed by atoms with Gasteiger partial charge in [0.1, 0.15) is 5.75 Å². The molecule has 1 saturated heterocycles. The zero-order valence-electron chi connectivity index (χ0n) is 14.0. The number of nitrogens with zero attached hydrogens (tertiary/aromatic N) is 2. The van der Waals surface area contributed by atoms with Crippen molar-refractivity contribution in [3.63, 3.8) is 0 Å². The normalized spacial score (nSPS) is 22.2. The summed E-state index contributed by atoms with van der Waals surface area (Å²) in [6.45, 7) is 8.86. The van der Waals surface area contributed by atoms with Gasteiger partial charge < -0.3 is 15.0 Å². The number of hydrogen-bond acceptors (Lipinski definition) is 4. The lowest BCUT2D eigenvalue weighted by Gasteiger charge is -2.39. The Balaban J connectivity index is 2.11. The molecule has 0 saturated carbocycles. The molecule has 1 aliphatic rings. The molecule has 1 aliphatic heterocycles. The van der Waals surface area contributed by atoms with Gasteiger partial charge in [-0.25, -0.2) is 0 Å². The van der Waals surface area contributed by atoms with Crippen LogP contribution in [-0.4, -0.2) is 63.2 Å². The lowest BCUT2D eigenvalue weighted by molar-refractivity contribution is 0.0974. The van der Waals surface area contributed by atoms with Gasteiger partial charge in [-0.05, 0) is 34.0 Å². The average molecular weight is 291 g/mol. The summed E-state index contributed by atoms with van der Waals surface area (Å²) in [5, 5.41) is 3.46. The number of piperazine rings is 1. The van der Waals surface area contributed by atoms with Gasteiger partial charge in [0.25, 0.3) is 0 Å². The zero-order chi connectivity index (χ0) is 15.4. The molecule has 2 atom stereocenters. The Morgan fingerprint density at radius 2 is 2.14 bits per heavy atom. The van der Waals surface area contributed by atoms with E-state index in [9.17, 15) is 0 Å². The van der Waals surface area contributed by atoms with E-state index in [0.717, 1.165) is 31.9 Å². The van der Waals surface area contributed by atoms with Crippen molar-refractivity contribution in [2.75, 3.05) is 47.4 Å². The van der Waals surface area contributed by atoms with E-state index < -0.39 is 0 Å². The molecule has 2 unspecified atom stereocenters. The fourth-order valence-electron chi connectivity index (χ4n) is 3.02. The van der Waals surface area contributed by atoms with Crippen LogP contribution in [0.1, 0.15) is 24.1 Å². The Hall–Kier alpha value is -1.10. The van der Waals surface area contributed by atoms with Gasteiger partial charge in [0.05, 0.1) is 7.11 Å². The van der Waals surface area contributed by atoms with Crippen molar-refractivity contribution in [3.05, 3.63) is 29.3 Å². The molecule has 1 fully saturated rings. The van der Waals surface area contributed by atoms with Crippen LogP contribution in [0.2, 0.25) is 0 Å². The van der Waals surface area contributed by atoms with E-state index in [1.54, 1.807) is 7.11 Å². The predicted octanol–water partition coefficient (Wildman–Crippen LogP) is 1.90. The van der Waals surface area contributed by atoms with Crippen LogP contribution in [-0.2, 0) is 0 Å². The first kappa shape index (κ1) is 16.3. The van der Waals surface area contributed by atoms with E-state index >= 15 is 0 Å². The minimum atomic E-state index is 0.301. The zero-order valence-corrected chi connectivity index (χ0v) is 14.0. The molecule has 1 N–H and O–H groups in total. The molecule has 4 heteroatoms. The molecule has 0 bridgehead atoms. The smallest absolute Gasteiger partial charge is 0.123 e. The van der Waals surface area contributed by atoms with Gasteiger partial charge in [-0.15, -0.1) is 0 Å². The molecule has 1 aromatic carbocycles. The molecule has 4 nitrogen and oxygen atoms in total. The fraction of sp³-hybridized carbons (Fsp3) is 0.647. The van der Waals surface area contributed by atoms with Gasteiger partial charge in [0.15, 0.2) is 0 Å². The number of aryl methyl sites for hydroxylation is 1. The Morgan fingerprint density at radius 3 is 2.76 bits per heavy atom. The summed E-state index contributed by atoms with van der Waals surface area (Å²) in [7, 11) is 5.99. The highest BCUT2D eigenvalue weighted by Crippen LogP contribution is 2.27. The summed E-state index contributed by atoms with van der Waals surface area (Å²) in [6, 6.07) is 7.33. The molecule has 0 aromatic heterocycles. The van der Waals surface area contributed by atoms with Crippen molar-refractivity contribution in [2.45, 2.75) is 25.9 Å². The van der Waals surface area contributed by atoms with Crippen LogP contribution in [0, 0.1) is 6.92 Å². The van der Waals surface area contributed by atoms with Crippen molar-refractivity contribution in [2.24, 2.45) is 0 Å². The predicted molar refractivity (Wildman–Crippen MR) is 88.1 cm³/mol. The van der Waals surface area contributed by atoms with Crippen molar-refractivity contribution in [1.82, 2.24) is 15.1 Å². The molecule has 0 radical (unpaired) electrons. The van der Waals surface area contributed by atoms with Gasteiger partial charge >= 0.3 is 0 Å². The minimum Gasteiger partial charge on any atom is -0.496 e. The third-order valence-electron chi connectivity index (χ3n) is 4.59. The van der Waals surface area contributed by atoms with E-state index in [4.69, 9.17) is 4.74 Å². The molecule has 0 amide bonds. The van der Waals surface area contributed by atoms with Gasteiger partial charge in [0.2, 0.25) is 0 Å². The summed E-state index contributed by atoms with van der Waals surface area (Å²) < 4.78 is 5.54. The van der Waals surface area contributed by atoms with Crippen LogP contribution < -0.4 is 10.1 Å². The molecule has 0 spiro atoms. The molecule has 118 valence electrons. The van der Waals surface area contributed by atoms with E-state index in [1.807, 2.05) is 7.05 Å². The number of hydrogen-bond donors (Lipinski definition) is 1. The monoisotopic (exact) mass is 291 g/mol. The van der Waals surface area contributed by atoms with Crippen LogP contribution >= 0.6 is 0 Å². The van der Waals surface area contributed by atoms with Crippen LogP contribution in [0.5, 0.6) is 5.75 Å². The van der Waals surface area contributed by atoms with E-state index in [1.165, 1.54) is 11.1 Å². The highest BCUT2D eigenvalue weighted by Gasteiger charge is 2.24. The van der Waals surface area contributed by atoms with Gasteiger partial charge in [-0.3, -0.25) is 4.90 Å². The third-order valence-corrected chi connectivity index (χ3v) is 4.59. The summed E-state index contributed by atoms with van der Waals surface area (Å²) in [4.78, 5) is 4.98. The SMILES string of the molecule is CNC(CN1CCN(C)C(C)C1)c1cc(C)ccc1OC. The largest absolute Gasteiger partial charge is 0.496 e. The quantitative estimate of drug-likeness (QED) is 0.897. The standard InChI is InChI=1S/C17H29N3O/c1-13-6-7-17(21-5)15(10-13)16(18-3)12-20-9-8-19(4)14(2)11-20/h6-7,10,14,16,18H,8-9,11-12H2,1-5H3. The first-order valence-electron chi connectivity index (χ1n) is 7.79. The lowest BCUT2D eigenvalue weighted by Crippen LogP contribution is -2.51. The highest BCUT2D eigenvalue weighted by molar-refractivity contribution is 5.39. The Labute approximate surface area is 129 Å². The number of nitrogens with one attached hydrogen (secondary N) is 1. The van der Waals surface area contributed by atoms with Crippen molar-refractivity contribution >= 4 is 0 Å². The Bertz CT molecular complexity index is 463. The molecular formula is C17H29N3O. The number of likely N-dealkylation sites (N-methyl/N-ethyl adjacent to an activating group) is 2. The number of benzene rings is 1. The second-order valence-corrected chi connectivity index (χ2v) is 6.18. The first-order chi connectivity index (χ1) is 10.0. The van der Waals surface area contributed by atoms with Crippen molar-refractivity contribution in [1.29, 1.82) is 0 Å². The van der Waals surface area contributed by atoms with Gasteiger partial charge in [-0.2, -0.15) is 0 Å². The average Bonchev–Trinajstić information content (AvgIpc) is 2.48. The molecule has 2 rings (SSSR count). The van der Waals surface area contributed by atoms with Crippen molar-refractivity contribution < 1.29 is 4.74 Å². The van der Waals surface area contributed by atoms with Crippen molar-refractivity contribution in [3.8, 4) is 5.75 Å². The lowest BCUT2D eigenvalue weighted by atomic mass is 10.0. The maximum Gasteiger partial charge on any atom is 0.123 e. The van der Waals surface area contributed by atoms with Gasteiger partial charge in [0, 0.05) is 43.8 Å². The summed E-state index contributed by atoms with van der Waals surface area (Å²) in [6.07, 6.45) is 0. The number of ether oxygens (including phenoxy) is 1. The van der Waals surface area contributed by atoms with E-state index in [0.29, 0.717) is 12.1 Å². The maximum absolute atomic E-state index is 5.54. The first-order valence-corrected chi connectivity index (χ1v) is 7.79. The fourth-order valence-corrected chi connectivity index (χ4v) is 3.02. The molecule has 1 aromatic rings. The highest BCUT2D eigenvalue weighted by atomic mass is 16.5. The Morgan fingerprint density at radius 1 is 1.38 bits per heavy atom. The summed E-state index contributed by atoms with van der Waals surface area (Å²) in [5.41, 5.74) is 2.53. The van der Waals surface area contributed by atoms with E-state index in [2.05, 4.69) is 54.2 Å². The second kappa shape index (κ2) is 7.25. The summed E-state index contributed by atoms with van der Waals surface area (Å²) >= 11 is 0. The number of rotatable bonds is 5. The maximum atomic E-state index is 5.54. The van der Waals surface area contributed by atoms with E-state index in [-0.39, 0.29) is 0 Å². The topological polar surface area (TPSA) is 27.7 Å². The summed E-state index contributed by atoms with van der Waals surface area (Å²) in [5.74, 6) is 0.974. The minimum absolute atomic E-state index is 0.301. The molecular weight excluding hydrogens is 262 g/mol. The molecule has 21 heavy (non-hydrogen) atoms.